The fourth-order valence-electron chi connectivity index (χ4n) is 2.89. The summed E-state index contributed by atoms with van der Waals surface area (Å²) in [6.45, 7) is 30.2. The molecule has 0 unspecified atom stereocenters. The Kier molecular flexibility index (Phi) is 7.62. The molecule has 0 spiro atoms. The molecule has 0 fully saturated rings. The monoisotopic (exact) mass is 366 g/mol. The summed E-state index contributed by atoms with van der Waals surface area (Å²) in [6.07, 6.45) is 8.98. The lowest BCUT2D eigenvalue weighted by atomic mass is 9.67. The summed E-state index contributed by atoms with van der Waals surface area (Å²) in [6, 6.07) is 0. The average Bonchev–Trinajstić information content (AvgIpc) is 2.28. The van der Waals surface area contributed by atoms with Crippen molar-refractivity contribution in [3.8, 4) is 0 Å². The van der Waals surface area contributed by atoms with Crippen LogP contribution in [0.1, 0.15) is 96.9 Å². The molecule has 0 aliphatic heterocycles. The molecule has 2 heteroatoms. The second kappa shape index (κ2) is 7.80. The van der Waals surface area contributed by atoms with E-state index >= 15 is 0 Å². The summed E-state index contributed by atoms with van der Waals surface area (Å²) >= 11 is 0. The van der Waals surface area contributed by atoms with Crippen LogP contribution in [0.15, 0.2) is 24.3 Å². The van der Waals surface area contributed by atoms with E-state index in [1.165, 1.54) is 0 Å². The molecule has 0 aliphatic carbocycles. The predicted molar refractivity (Wildman–Crippen MR) is 116 cm³/mol. The highest BCUT2D eigenvalue weighted by Crippen LogP contribution is 2.42. The molecule has 0 aromatic carbocycles. The molecule has 0 bridgehead atoms. The molecule has 0 saturated carbocycles. The van der Waals surface area contributed by atoms with Gasteiger partial charge in [0.15, 0.2) is 0 Å². The van der Waals surface area contributed by atoms with Gasteiger partial charge in [-0.15, -0.1) is 0 Å². The van der Waals surface area contributed by atoms with Crippen LogP contribution in [-0.2, 0) is 9.47 Å². The van der Waals surface area contributed by atoms with Gasteiger partial charge in [-0.2, -0.15) is 0 Å². The van der Waals surface area contributed by atoms with Gasteiger partial charge in [0.25, 0.3) is 0 Å². The Bertz CT molecular complexity index is 455. The van der Waals surface area contributed by atoms with Crippen molar-refractivity contribution >= 4 is 0 Å². The highest BCUT2D eigenvalue weighted by Gasteiger charge is 2.35. The predicted octanol–water partition coefficient (Wildman–Crippen LogP) is 7.34. The molecule has 0 rings (SSSR count). The van der Waals surface area contributed by atoms with Crippen molar-refractivity contribution in [2.45, 2.75) is 119 Å². The van der Waals surface area contributed by atoms with E-state index < -0.39 is 0 Å². The summed E-state index contributed by atoms with van der Waals surface area (Å²) in [5.74, 6) is 0. The van der Waals surface area contributed by atoms with Crippen LogP contribution in [0.3, 0.4) is 0 Å². The first-order valence-corrected chi connectivity index (χ1v) is 9.89. The summed E-state index contributed by atoms with van der Waals surface area (Å²) in [7, 11) is 0. The van der Waals surface area contributed by atoms with Crippen molar-refractivity contribution in [2.75, 3.05) is 0 Å². The van der Waals surface area contributed by atoms with Crippen molar-refractivity contribution in [3.63, 3.8) is 0 Å². The van der Waals surface area contributed by atoms with E-state index in [0.717, 1.165) is 0 Å². The highest BCUT2D eigenvalue weighted by molar-refractivity contribution is 5.15. The van der Waals surface area contributed by atoms with Crippen LogP contribution < -0.4 is 0 Å². The van der Waals surface area contributed by atoms with E-state index in [2.05, 4.69) is 121 Å². The molecule has 0 N–H and O–H groups in total. The standard InChI is InChI=1S/C24H46O2/c1-19(2,3)25-23(11,12)17-15-21(7,8)22(9,10)16-18-24(13,14)26-20(4,5)6/h15-18H,1-14H3/b17-15+,18-16+. The smallest absolute Gasteiger partial charge is 0.0813 e. The van der Waals surface area contributed by atoms with Crippen molar-refractivity contribution < 1.29 is 9.47 Å². The molecule has 0 radical (unpaired) electrons. The third-order valence-electron chi connectivity index (χ3n) is 4.60. The van der Waals surface area contributed by atoms with Crippen LogP contribution in [0.2, 0.25) is 0 Å². The summed E-state index contributed by atoms with van der Waals surface area (Å²) < 4.78 is 12.4. The lowest BCUT2D eigenvalue weighted by molar-refractivity contribution is -0.0870. The van der Waals surface area contributed by atoms with Gasteiger partial charge < -0.3 is 9.47 Å². The van der Waals surface area contributed by atoms with Crippen LogP contribution in [0.5, 0.6) is 0 Å². The lowest BCUT2D eigenvalue weighted by Gasteiger charge is -2.40. The fourth-order valence-corrected chi connectivity index (χ4v) is 2.89. The minimum atomic E-state index is -0.302. The fraction of sp³-hybridized carbons (Fsp3) is 0.833. The van der Waals surface area contributed by atoms with E-state index in [1.807, 2.05) is 0 Å². The Morgan fingerprint density at radius 2 is 0.615 bits per heavy atom. The first-order chi connectivity index (χ1) is 11.1. The number of rotatable bonds is 7. The summed E-state index contributed by atoms with van der Waals surface area (Å²) in [4.78, 5) is 0. The molecule has 0 saturated heterocycles. The van der Waals surface area contributed by atoms with E-state index in [-0.39, 0.29) is 33.2 Å². The van der Waals surface area contributed by atoms with Crippen LogP contribution in [-0.4, -0.2) is 22.4 Å². The Balaban J connectivity index is 5.37. The van der Waals surface area contributed by atoms with Gasteiger partial charge in [0.1, 0.15) is 0 Å². The highest BCUT2D eigenvalue weighted by atomic mass is 16.5. The van der Waals surface area contributed by atoms with E-state index in [0.29, 0.717) is 0 Å². The summed E-state index contributed by atoms with van der Waals surface area (Å²) in [5, 5.41) is 0. The first-order valence-electron chi connectivity index (χ1n) is 9.89. The second-order valence-corrected chi connectivity index (χ2v) is 11.7. The minimum absolute atomic E-state index is 0.0279. The molecule has 0 atom stereocenters. The van der Waals surface area contributed by atoms with Gasteiger partial charge >= 0.3 is 0 Å². The number of ether oxygens (including phenoxy) is 2. The Labute approximate surface area is 164 Å². The maximum atomic E-state index is 6.18. The topological polar surface area (TPSA) is 18.5 Å². The normalized spacial score (nSPS) is 16.1. The molecule has 2 nitrogen and oxygen atoms in total. The Hall–Kier alpha value is -0.600. The van der Waals surface area contributed by atoms with Crippen molar-refractivity contribution in [1.82, 2.24) is 0 Å². The van der Waals surface area contributed by atoms with Crippen molar-refractivity contribution in [1.29, 1.82) is 0 Å². The molecule has 26 heavy (non-hydrogen) atoms. The van der Waals surface area contributed by atoms with Crippen LogP contribution >= 0.6 is 0 Å². The van der Waals surface area contributed by atoms with Crippen molar-refractivity contribution in [3.05, 3.63) is 24.3 Å². The average molecular weight is 367 g/mol. The minimum Gasteiger partial charge on any atom is -0.366 e. The van der Waals surface area contributed by atoms with E-state index in [1.54, 1.807) is 0 Å². The van der Waals surface area contributed by atoms with Gasteiger partial charge in [0, 0.05) is 0 Å². The van der Waals surface area contributed by atoms with Crippen LogP contribution in [0, 0.1) is 10.8 Å². The first kappa shape index (κ1) is 25.4. The quantitative estimate of drug-likeness (QED) is 0.439. The van der Waals surface area contributed by atoms with Crippen molar-refractivity contribution in [2.24, 2.45) is 10.8 Å². The molecule has 154 valence electrons. The molecular weight excluding hydrogens is 320 g/mol. The zero-order valence-electron chi connectivity index (χ0n) is 20.1. The van der Waals surface area contributed by atoms with E-state index in [9.17, 15) is 0 Å². The van der Waals surface area contributed by atoms with Gasteiger partial charge in [-0.3, -0.25) is 0 Å². The summed E-state index contributed by atoms with van der Waals surface area (Å²) in [5.41, 5.74) is -0.989. The molecule has 0 aliphatic rings. The van der Waals surface area contributed by atoms with Crippen LogP contribution in [0.25, 0.3) is 0 Å². The van der Waals surface area contributed by atoms with Gasteiger partial charge in [-0.1, -0.05) is 52.0 Å². The van der Waals surface area contributed by atoms with Gasteiger partial charge in [0.05, 0.1) is 22.4 Å². The second-order valence-electron chi connectivity index (χ2n) is 11.7. The number of allylic oxidation sites excluding steroid dienone is 2. The zero-order valence-corrected chi connectivity index (χ0v) is 20.1. The SMILES string of the molecule is CC(C)(C)OC(C)(C)/C=C/C(C)(C)C(C)(C)/C=C/C(C)(C)OC(C)(C)C. The maximum absolute atomic E-state index is 6.18. The molecule has 0 aromatic rings. The number of hydrogen-bond donors (Lipinski definition) is 0. The molecule has 0 amide bonds. The largest absolute Gasteiger partial charge is 0.366 e. The maximum Gasteiger partial charge on any atom is 0.0813 e. The molecule has 0 aromatic heterocycles. The van der Waals surface area contributed by atoms with E-state index in [4.69, 9.17) is 9.47 Å². The zero-order chi connectivity index (χ0) is 21.2. The lowest BCUT2D eigenvalue weighted by Crippen LogP contribution is -2.36. The van der Waals surface area contributed by atoms with Gasteiger partial charge in [0.2, 0.25) is 0 Å². The third-order valence-corrected chi connectivity index (χ3v) is 4.60. The molecule has 0 heterocycles. The van der Waals surface area contributed by atoms with Crippen LogP contribution in [0.4, 0.5) is 0 Å². The van der Waals surface area contributed by atoms with Gasteiger partial charge in [-0.05, 0) is 80.1 Å². The Morgan fingerprint density at radius 1 is 0.385 bits per heavy atom. The molecular formula is C24H46O2. The number of hydrogen-bond acceptors (Lipinski definition) is 2. The third kappa shape index (κ3) is 9.92. The Morgan fingerprint density at radius 3 is 0.808 bits per heavy atom. The van der Waals surface area contributed by atoms with Gasteiger partial charge in [-0.25, -0.2) is 0 Å².